The number of hydrogen-bond acceptors (Lipinski definition) is 2. The minimum absolute atomic E-state index is 0.392. The van der Waals surface area contributed by atoms with Crippen molar-refractivity contribution in [2.75, 3.05) is 0 Å². The summed E-state index contributed by atoms with van der Waals surface area (Å²) in [5.74, 6) is -0.863. The molecule has 76 valence electrons. The number of hydrogen-bond donors (Lipinski definition) is 1. The van der Waals surface area contributed by atoms with Gasteiger partial charge in [-0.1, -0.05) is 30.3 Å². The smallest absolute Gasteiger partial charge is 0.337 e. The van der Waals surface area contributed by atoms with Gasteiger partial charge in [-0.2, -0.15) is 0 Å². The van der Waals surface area contributed by atoms with Crippen LogP contribution in [-0.2, 0) is 0 Å². The molecule has 0 saturated heterocycles. The highest BCUT2D eigenvalue weighted by atomic mass is 32.1. The number of aryl methyl sites for hydroxylation is 1. The molecule has 0 bridgehead atoms. The van der Waals surface area contributed by atoms with E-state index in [2.05, 4.69) is 0 Å². The predicted octanol–water partition coefficient (Wildman–Crippen LogP) is 3.42. The van der Waals surface area contributed by atoms with Gasteiger partial charge in [0.15, 0.2) is 0 Å². The minimum atomic E-state index is -0.863. The summed E-state index contributed by atoms with van der Waals surface area (Å²) < 4.78 is 0. The van der Waals surface area contributed by atoms with E-state index in [1.807, 2.05) is 37.3 Å². The molecule has 1 aromatic carbocycles. The van der Waals surface area contributed by atoms with Gasteiger partial charge in [0.25, 0.3) is 0 Å². The van der Waals surface area contributed by atoms with E-state index in [-0.39, 0.29) is 0 Å². The van der Waals surface area contributed by atoms with E-state index in [0.717, 1.165) is 15.3 Å². The largest absolute Gasteiger partial charge is 0.478 e. The third kappa shape index (κ3) is 1.92. The maximum absolute atomic E-state index is 11.0. The molecule has 0 unspecified atom stereocenters. The van der Waals surface area contributed by atoms with E-state index in [4.69, 9.17) is 5.11 Å². The average Bonchev–Trinajstić information content (AvgIpc) is 2.62. The third-order valence-corrected chi connectivity index (χ3v) is 3.22. The summed E-state index contributed by atoms with van der Waals surface area (Å²) in [6, 6.07) is 11.3. The molecular weight excluding hydrogens is 208 g/mol. The number of carboxylic acids is 1. The lowest BCUT2D eigenvalue weighted by Gasteiger charge is -1.98. The first kappa shape index (κ1) is 9.93. The number of carboxylic acid groups (broad SMARTS) is 1. The first-order valence-electron chi connectivity index (χ1n) is 4.57. The molecule has 0 amide bonds. The second-order valence-electron chi connectivity index (χ2n) is 3.27. The summed E-state index contributed by atoms with van der Waals surface area (Å²) in [4.78, 5) is 12.9. The summed E-state index contributed by atoms with van der Waals surface area (Å²) >= 11 is 1.51. The van der Waals surface area contributed by atoms with Gasteiger partial charge in [0.2, 0.25) is 0 Å². The Morgan fingerprint density at radius 3 is 2.53 bits per heavy atom. The lowest BCUT2D eigenvalue weighted by Crippen LogP contribution is -1.95. The molecule has 1 heterocycles. The Labute approximate surface area is 91.8 Å². The number of thiophene rings is 1. The van der Waals surface area contributed by atoms with E-state index in [0.29, 0.717) is 5.56 Å². The van der Waals surface area contributed by atoms with Gasteiger partial charge < -0.3 is 5.11 Å². The van der Waals surface area contributed by atoms with Crippen molar-refractivity contribution in [2.24, 2.45) is 0 Å². The van der Waals surface area contributed by atoms with E-state index >= 15 is 0 Å². The lowest BCUT2D eigenvalue weighted by molar-refractivity contribution is 0.0698. The number of aromatic carboxylic acids is 1. The Bertz CT molecular complexity index is 486. The number of rotatable bonds is 2. The summed E-state index contributed by atoms with van der Waals surface area (Å²) in [5.41, 5.74) is 1.36. The second kappa shape index (κ2) is 3.87. The zero-order chi connectivity index (χ0) is 10.8. The molecule has 0 aliphatic rings. The van der Waals surface area contributed by atoms with Crippen molar-refractivity contribution in [3.63, 3.8) is 0 Å². The maximum Gasteiger partial charge on any atom is 0.337 e. The highest BCUT2D eigenvalue weighted by molar-refractivity contribution is 7.15. The molecule has 0 atom stereocenters. The Hall–Kier alpha value is -1.61. The van der Waals surface area contributed by atoms with Crippen LogP contribution in [0.15, 0.2) is 36.4 Å². The maximum atomic E-state index is 11.0. The molecule has 2 rings (SSSR count). The van der Waals surface area contributed by atoms with E-state index in [1.165, 1.54) is 11.3 Å². The van der Waals surface area contributed by atoms with Gasteiger partial charge in [-0.3, -0.25) is 0 Å². The molecule has 0 fully saturated rings. The fourth-order valence-electron chi connectivity index (χ4n) is 1.48. The van der Waals surface area contributed by atoms with E-state index < -0.39 is 5.97 Å². The van der Waals surface area contributed by atoms with Crippen LogP contribution in [0.4, 0.5) is 0 Å². The van der Waals surface area contributed by atoms with Crippen molar-refractivity contribution >= 4 is 17.3 Å². The van der Waals surface area contributed by atoms with Crippen LogP contribution in [0.1, 0.15) is 15.2 Å². The monoisotopic (exact) mass is 218 g/mol. The fraction of sp³-hybridized carbons (Fsp3) is 0.0833. The van der Waals surface area contributed by atoms with Crippen LogP contribution in [0, 0.1) is 6.92 Å². The molecule has 2 aromatic rings. The zero-order valence-corrected chi connectivity index (χ0v) is 9.04. The molecule has 0 aliphatic carbocycles. The molecule has 2 nitrogen and oxygen atoms in total. The molecule has 3 heteroatoms. The van der Waals surface area contributed by atoms with E-state index in [9.17, 15) is 4.79 Å². The van der Waals surface area contributed by atoms with Gasteiger partial charge in [-0.25, -0.2) is 4.79 Å². The molecular formula is C12H10O2S. The molecule has 1 aromatic heterocycles. The van der Waals surface area contributed by atoms with Gasteiger partial charge in [0.1, 0.15) is 0 Å². The Morgan fingerprint density at radius 1 is 1.27 bits per heavy atom. The van der Waals surface area contributed by atoms with Crippen LogP contribution in [0.2, 0.25) is 0 Å². The van der Waals surface area contributed by atoms with Crippen LogP contribution in [0.25, 0.3) is 10.4 Å². The topological polar surface area (TPSA) is 37.3 Å². The van der Waals surface area contributed by atoms with E-state index in [1.54, 1.807) is 6.07 Å². The van der Waals surface area contributed by atoms with Gasteiger partial charge >= 0.3 is 5.97 Å². The zero-order valence-electron chi connectivity index (χ0n) is 8.23. The molecule has 0 saturated carbocycles. The van der Waals surface area contributed by atoms with Crippen LogP contribution >= 0.6 is 11.3 Å². The second-order valence-corrected chi connectivity index (χ2v) is 4.53. The molecule has 0 spiro atoms. The van der Waals surface area contributed by atoms with Crippen LogP contribution in [-0.4, -0.2) is 11.1 Å². The number of benzene rings is 1. The van der Waals surface area contributed by atoms with Crippen LogP contribution < -0.4 is 0 Å². The fourth-order valence-corrected chi connectivity index (χ4v) is 2.49. The highest BCUT2D eigenvalue weighted by Gasteiger charge is 2.14. The SMILES string of the molecule is Cc1cc(C(=O)O)c(-c2ccccc2)s1. The summed E-state index contributed by atoms with van der Waals surface area (Å²) in [5, 5.41) is 9.05. The molecule has 0 radical (unpaired) electrons. The molecule has 15 heavy (non-hydrogen) atoms. The van der Waals surface area contributed by atoms with Gasteiger partial charge in [-0.05, 0) is 18.6 Å². The summed E-state index contributed by atoms with van der Waals surface area (Å²) in [6.45, 7) is 1.92. The van der Waals surface area contributed by atoms with Crippen LogP contribution in [0.3, 0.4) is 0 Å². The van der Waals surface area contributed by atoms with Crippen molar-refractivity contribution < 1.29 is 9.90 Å². The lowest BCUT2D eigenvalue weighted by atomic mass is 10.1. The van der Waals surface area contributed by atoms with Gasteiger partial charge in [-0.15, -0.1) is 11.3 Å². The molecule has 0 aliphatic heterocycles. The first-order valence-corrected chi connectivity index (χ1v) is 5.39. The quantitative estimate of drug-likeness (QED) is 0.838. The Balaban J connectivity index is 2.58. The normalized spacial score (nSPS) is 10.2. The summed E-state index contributed by atoms with van der Waals surface area (Å²) in [6.07, 6.45) is 0. The third-order valence-electron chi connectivity index (χ3n) is 2.12. The Morgan fingerprint density at radius 2 is 1.93 bits per heavy atom. The van der Waals surface area contributed by atoms with Gasteiger partial charge in [0.05, 0.1) is 5.56 Å². The summed E-state index contributed by atoms with van der Waals surface area (Å²) in [7, 11) is 0. The Kier molecular flexibility index (Phi) is 2.56. The van der Waals surface area contributed by atoms with Crippen molar-refractivity contribution in [1.29, 1.82) is 0 Å². The number of carbonyl (C=O) groups is 1. The van der Waals surface area contributed by atoms with Crippen LogP contribution in [0.5, 0.6) is 0 Å². The van der Waals surface area contributed by atoms with Crippen molar-refractivity contribution in [2.45, 2.75) is 6.92 Å². The van der Waals surface area contributed by atoms with Crippen molar-refractivity contribution in [3.8, 4) is 10.4 Å². The first-order chi connectivity index (χ1) is 7.18. The van der Waals surface area contributed by atoms with Gasteiger partial charge in [0, 0.05) is 9.75 Å². The molecule has 1 N–H and O–H groups in total. The average molecular weight is 218 g/mol. The predicted molar refractivity (Wildman–Crippen MR) is 61.5 cm³/mol. The van der Waals surface area contributed by atoms with Crippen molar-refractivity contribution in [3.05, 3.63) is 46.8 Å². The standard InChI is InChI=1S/C12H10O2S/c1-8-7-10(12(13)14)11(15-8)9-5-3-2-4-6-9/h2-7H,1H3,(H,13,14). The minimum Gasteiger partial charge on any atom is -0.478 e. The highest BCUT2D eigenvalue weighted by Crippen LogP contribution is 2.32. The van der Waals surface area contributed by atoms with Crippen molar-refractivity contribution in [1.82, 2.24) is 0 Å².